The van der Waals surface area contributed by atoms with Crippen molar-refractivity contribution in [1.82, 2.24) is 10.2 Å². The summed E-state index contributed by atoms with van der Waals surface area (Å²) in [6, 6.07) is 17.0. The zero-order valence-electron chi connectivity index (χ0n) is 13.5. The number of aromatic nitrogens is 2. The van der Waals surface area contributed by atoms with E-state index in [4.69, 9.17) is 11.6 Å². The van der Waals surface area contributed by atoms with Crippen molar-refractivity contribution < 1.29 is 0 Å². The first-order chi connectivity index (χ1) is 11.1. The summed E-state index contributed by atoms with van der Waals surface area (Å²) in [5, 5.41) is 7.66. The van der Waals surface area contributed by atoms with Gasteiger partial charge in [0.15, 0.2) is 0 Å². The number of nitrogens with one attached hydrogen (secondary N) is 1. The van der Waals surface area contributed by atoms with Crippen molar-refractivity contribution in [1.29, 1.82) is 0 Å². The highest BCUT2D eigenvalue weighted by molar-refractivity contribution is 6.30. The molecule has 2 nitrogen and oxygen atoms in total. The smallest absolute Gasteiger partial charge is 0.0565 e. The number of hydrogen-bond donors (Lipinski definition) is 1. The number of H-pyrrole nitrogens is 1. The molecule has 1 unspecified atom stereocenters. The van der Waals surface area contributed by atoms with Gasteiger partial charge in [-0.3, -0.25) is 5.10 Å². The first kappa shape index (κ1) is 15.8. The predicted molar refractivity (Wildman–Crippen MR) is 96.8 cm³/mol. The molecule has 1 atom stereocenters. The number of rotatable bonds is 5. The molecule has 23 heavy (non-hydrogen) atoms. The van der Waals surface area contributed by atoms with Crippen LogP contribution >= 0.6 is 11.6 Å². The largest absolute Gasteiger partial charge is 0.285 e. The molecule has 3 heteroatoms. The van der Waals surface area contributed by atoms with Crippen LogP contribution in [0.4, 0.5) is 0 Å². The summed E-state index contributed by atoms with van der Waals surface area (Å²) in [6.07, 6.45) is 4.88. The van der Waals surface area contributed by atoms with Crippen LogP contribution in [0.25, 0.3) is 11.1 Å². The molecule has 0 saturated carbocycles. The maximum Gasteiger partial charge on any atom is 0.0565 e. The Morgan fingerprint density at radius 2 is 1.52 bits per heavy atom. The fourth-order valence-electron chi connectivity index (χ4n) is 2.95. The molecule has 3 rings (SSSR count). The summed E-state index contributed by atoms with van der Waals surface area (Å²) in [5.41, 5.74) is 4.96. The topological polar surface area (TPSA) is 28.7 Å². The normalized spacial score (nSPS) is 12.5. The van der Waals surface area contributed by atoms with E-state index in [0.717, 1.165) is 17.0 Å². The fourth-order valence-corrected chi connectivity index (χ4v) is 3.07. The lowest BCUT2D eigenvalue weighted by Gasteiger charge is -2.20. The van der Waals surface area contributed by atoms with Gasteiger partial charge in [-0.25, -0.2) is 0 Å². The Morgan fingerprint density at radius 3 is 2.04 bits per heavy atom. The van der Waals surface area contributed by atoms with Crippen LogP contribution in [0.1, 0.15) is 37.3 Å². The molecule has 0 aliphatic carbocycles. The summed E-state index contributed by atoms with van der Waals surface area (Å²) in [6.45, 7) is 4.53. The van der Waals surface area contributed by atoms with Gasteiger partial charge in [-0.05, 0) is 41.2 Å². The Balaban J connectivity index is 1.91. The first-order valence-electron chi connectivity index (χ1n) is 7.98. The summed E-state index contributed by atoms with van der Waals surface area (Å²) in [5.74, 6) is 1.02. The summed E-state index contributed by atoms with van der Waals surface area (Å²) in [7, 11) is 0. The van der Waals surface area contributed by atoms with Gasteiger partial charge < -0.3 is 0 Å². The average molecular weight is 325 g/mol. The van der Waals surface area contributed by atoms with Gasteiger partial charge in [-0.2, -0.15) is 5.10 Å². The van der Waals surface area contributed by atoms with Crippen LogP contribution in [-0.2, 0) is 0 Å². The van der Waals surface area contributed by atoms with Crippen molar-refractivity contribution >= 4 is 11.6 Å². The molecule has 3 aromatic rings. The van der Waals surface area contributed by atoms with Crippen molar-refractivity contribution in [3.8, 4) is 11.1 Å². The van der Waals surface area contributed by atoms with Gasteiger partial charge >= 0.3 is 0 Å². The summed E-state index contributed by atoms with van der Waals surface area (Å²) >= 11 is 6.04. The molecule has 0 aliphatic rings. The SMILES string of the molecule is CC(C)CC(c1ccc(Cl)cc1)c1ccc(-c2cn[nH]c2)cc1. The van der Waals surface area contributed by atoms with E-state index >= 15 is 0 Å². The van der Waals surface area contributed by atoms with E-state index in [1.807, 2.05) is 24.5 Å². The van der Waals surface area contributed by atoms with E-state index in [2.05, 4.69) is 60.4 Å². The fraction of sp³-hybridized carbons (Fsp3) is 0.250. The van der Waals surface area contributed by atoms with E-state index < -0.39 is 0 Å². The van der Waals surface area contributed by atoms with Crippen LogP contribution in [0, 0.1) is 5.92 Å². The number of hydrogen-bond acceptors (Lipinski definition) is 1. The molecule has 0 fully saturated rings. The van der Waals surface area contributed by atoms with Crippen molar-refractivity contribution in [2.75, 3.05) is 0 Å². The quantitative estimate of drug-likeness (QED) is 0.621. The highest BCUT2D eigenvalue weighted by atomic mass is 35.5. The zero-order chi connectivity index (χ0) is 16.2. The lowest BCUT2D eigenvalue weighted by atomic mass is 9.84. The molecular formula is C20H21ClN2. The maximum absolute atomic E-state index is 6.04. The highest BCUT2D eigenvalue weighted by Gasteiger charge is 2.16. The molecular weight excluding hydrogens is 304 g/mol. The number of benzene rings is 2. The van der Waals surface area contributed by atoms with Gasteiger partial charge in [-0.15, -0.1) is 0 Å². The first-order valence-corrected chi connectivity index (χ1v) is 8.36. The van der Waals surface area contributed by atoms with Crippen LogP contribution in [0.2, 0.25) is 5.02 Å². The number of halogens is 1. The Labute approximate surface area is 142 Å². The third-order valence-electron chi connectivity index (χ3n) is 4.12. The van der Waals surface area contributed by atoms with E-state index in [1.165, 1.54) is 16.7 Å². The van der Waals surface area contributed by atoms with Gasteiger partial charge in [0.25, 0.3) is 0 Å². The Bertz CT molecular complexity index is 728. The van der Waals surface area contributed by atoms with Gasteiger partial charge in [0.2, 0.25) is 0 Å². The Hall–Kier alpha value is -2.06. The van der Waals surface area contributed by atoms with E-state index in [9.17, 15) is 0 Å². The monoisotopic (exact) mass is 324 g/mol. The minimum atomic E-state index is 0.394. The van der Waals surface area contributed by atoms with E-state index in [1.54, 1.807) is 0 Å². The van der Waals surface area contributed by atoms with E-state index in [-0.39, 0.29) is 0 Å². The second-order valence-corrected chi connectivity index (χ2v) is 6.78. The zero-order valence-corrected chi connectivity index (χ0v) is 14.2. The van der Waals surface area contributed by atoms with Crippen LogP contribution in [-0.4, -0.2) is 10.2 Å². The lowest BCUT2D eigenvalue weighted by molar-refractivity contribution is 0.541. The number of nitrogens with zero attached hydrogens (tertiary/aromatic N) is 1. The average Bonchev–Trinajstić information content (AvgIpc) is 3.08. The molecule has 1 heterocycles. The van der Waals surface area contributed by atoms with Crippen molar-refractivity contribution in [3.63, 3.8) is 0 Å². The van der Waals surface area contributed by atoms with Gasteiger partial charge in [0.1, 0.15) is 0 Å². The minimum Gasteiger partial charge on any atom is -0.285 e. The molecule has 118 valence electrons. The van der Waals surface area contributed by atoms with Crippen molar-refractivity contribution in [3.05, 3.63) is 77.1 Å². The second-order valence-electron chi connectivity index (χ2n) is 6.34. The predicted octanol–water partition coefficient (Wildman–Crippen LogP) is 5.91. The van der Waals surface area contributed by atoms with Crippen molar-refractivity contribution in [2.45, 2.75) is 26.2 Å². The van der Waals surface area contributed by atoms with E-state index in [0.29, 0.717) is 11.8 Å². The van der Waals surface area contributed by atoms with Gasteiger partial charge in [-0.1, -0.05) is 61.8 Å². The van der Waals surface area contributed by atoms with Crippen LogP contribution < -0.4 is 0 Å². The highest BCUT2D eigenvalue weighted by Crippen LogP contribution is 2.32. The molecule has 2 aromatic carbocycles. The van der Waals surface area contributed by atoms with Crippen LogP contribution in [0.3, 0.4) is 0 Å². The minimum absolute atomic E-state index is 0.394. The molecule has 0 spiro atoms. The number of aromatic amines is 1. The Morgan fingerprint density at radius 1 is 0.913 bits per heavy atom. The van der Waals surface area contributed by atoms with Crippen molar-refractivity contribution in [2.24, 2.45) is 5.92 Å². The molecule has 0 amide bonds. The summed E-state index contributed by atoms with van der Waals surface area (Å²) < 4.78 is 0. The molecule has 0 aliphatic heterocycles. The van der Waals surface area contributed by atoms with Gasteiger partial charge in [0, 0.05) is 22.7 Å². The third-order valence-corrected chi connectivity index (χ3v) is 4.38. The second kappa shape index (κ2) is 7.01. The molecule has 0 bridgehead atoms. The van der Waals surface area contributed by atoms with Crippen LogP contribution in [0.5, 0.6) is 0 Å². The molecule has 0 radical (unpaired) electrons. The molecule has 0 saturated heterocycles. The molecule has 1 N–H and O–H groups in total. The van der Waals surface area contributed by atoms with Crippen LogP contribution in [0.15, 0.2) is 60.9 Å². The maximum atomic E-state index is 6.04. The molecule has 1 aromatic heterocycles. The lowest BCUT2D eigenvalue weighted by Crippen LogP contribution is -2.05. The van der Waals surface area contributed by atoms with Gasteiger partial charge in [0.05, 0.1) is 6.20 Å². The standard InChI is InChI=1S/C20H21ClN2/c1-14(2)11-20(17-7-9-19(21)10-8-17)16-5-3-15(4-6-16)18-12-22-23-13-18/h3-10,12-14,20H,11H2,1-2H3,(H,22,23). The summed E-state index contributed by atoms with van der Waals surface area (Å²) in [4.78, 5) is 0. The Kier molecular flexibility index (Phi) is 4.82. The third kappa shape index (κ3) is 3.83.